The molecule has 6 nitrogen and oxygen atoms in total. The minimum Gasteiger partial charge on any atom is -0.462 e. The van der Waals surface area contributed by atoms with Gasteiger partial charge in [0.15, 0.2) is 6.10 Å². The molecule has 1 atom stereocenters. The van der Waals surface area contributed by atoms with E-state index in [1.54, 1.807) is 0 Å². The Morgan fingerprint density at radius 3 is 0.840 bits per heavy atom. The number of hydrogen-bond donors (Lipinski definition) is 0. The maximum absolute atomic E-state index is 12.9. The van der Waals surface area contributed by atoms with Crippen LogP contribution in [0.15, 0.2) is 97.2 Å². The maximum Gasteiger partial charge on any atom is 0.306 e. The summed E-state index contributed by atoms with van der Waals surface area (Å²) in [6.45, 7) is 6.50. The van der Waals surface area contributed by atoms with Crippen molar-refractivity contribution >= 4 is 17.9 Å². The Morgan fingerprint density at radius 2 is 0.520 bits per heavy atom. The fourth-order valence-corrected chi connectivity index (χ4v) is 8.79. The normalized spacial score (nSPS) is 12.7. The minimum atomic E-state index is -0.792. The number of ether oxygens (including phenoxy) is 3. The van der Waals surface area contributed by atoms with Crippen LogP contribution in [-0.2, 0) is 28.6 Å². The summed E-state index contributed by atoms with van der Waals surface area (Å²) in [5.41, 5.74) is 0. The molecule has 430 valence electrons. The van der Waals surface area contributed by atoms with Crippen molar-refractivity contribution in [1.29, 1.82) is 0 Å². The lowest BCUT2D eigenvalue weighted by molar-refractivity contribution is -0.167. The summed E-state index contributed by atoms with van der Waals surface area (Å²) in [5, 5.41) is 0. The zero-order valence-corrected chi connectivity index (χ0v) is 49.3. The molecule has 0 heterocycles. The molecule has 0 bridgehead atoms. The molecule has 0 aromatic heterocycles. The molecule has 0 radical (unpaired) electrons. The molecule has 0 fully saturated rings. The number of esters is 3. The van der Waals surface area contributed by atoms with Crippen LogP contribution >= 0.6 is 0 Å². The van der Waals surface area contributed by atoms with Crippen LogP contribution in [0.1, 0.15) is 303 Å². The van der Waals surface area contributed by atoms with Crippen molar-refractivity contribution in [1.82, 2.24) is 0 Å². The van der Waals surface area contributed by atoms with Gasteiger partial charge in [0.25, 0.3) is 0 Å². The first-order valence-electron chi connectivity index (χ1n) is 31.7. The van der Waals surface area contributed by atoms with Gasteiger partial charge < -0.3 is 14.2 Å². The second kappa shape index (κ2) is 62.9. The Hall–Kier alpha value is -3.67. The topological polar surface area (TPSA) is 78.9 Å². The van der Waals surface area contributed by atoms with Crippen LogP contribution in [-0.4, -0.2) is 37.2 Å². The van der Waals surface area contributed by atoms with E-state index in [0.717, 1.165) is 109 Å². The summed E-state index contributed by atoms with van der Waals surface area (Å²) in [4.78, 5) is 38.3. The van der Waals surface area contributed by atoms with Gasteiger partial charge in [-0.3, -0.25) is 14.4 Å². The lowest BCUT2D eigenvalue weighted by Crippen LogP contribution is -2.30. The molecule has 75 heavy (non-hydrogen) atoms. The van der Waals surface area contributed by atoms with Crippen molar-refractivity contribution < 1.29 is 28.6 Å². The monoisotopic (exact) mass is 1040 g/mol. The average Bonchev–Trinajstić information content (AvgIpc) is 3.41. The van der Waals surface area contributed by atoms with Crippen molar-refractivity contribution in [2.24, 2.45) is 0 Å². The SMILES string of the molecule is CC/C=C\C/C=C\C/C=C\CCCCCCCCCC(=O)OCC(COC(=O)CCCCCCCC/C=C\C/C=C\C/C=C\CCCCCCC)OC(=O)CCCCCCCCCCC/C=C\C/C=C\CCCCC. The fourth-order valence-electron chi connectivity index (χ4n) is 8.79. The molecule has 0 saturated carbocycles. The maximum atomic E-state index is 12.9. The predicted molar refractivity (Wildman–Crippen MR) is 325 cm³/mol. The van der Waals surface area contributed by atoms with Crippen LogP contribution in [0.2, 0.25) is 0 Å². The molecule has 0 spiro atoms. The largest absolute Gasteiger partial charge is 0.462 e. The van der Waals surface area contributed by atoms with Gasteiger partial charge in [0.05, 0.1) is 0 Å². The standard InChI is InChI=1S/C69H118O6/c1-4-7-10-13-16-19-22-25-28-31-33-34-36-38-41-44-47-50-53-56-59-62-68(71)74-65-66(64-73-67(70)61-58-55-52-49-46-43-40-37-30-27-24-21-18-15-12-9-6-3)75-69(72)63-60-57-54-51-48-45-42-39-35-32-29-26-23-20-17-14-11-8-5-2/h9,12,17-18,20-22,25-27,29-31,33,36,38,66H,4-8,10-11,13-16,19,23-24,28,32,34-35,37,39-65H2,1-3H3/b12-9-,20-17-,21-18-,25-22-,29-26-,30-27-,33-31-,38-36-. The first-order chi connectivity index (χ1) is 37.0. The quantitative estimate of drug-likeness (QED) is 0.0261. The summed E-state index contributed by atoms with van der Waals surface area (Å²) >= 11 is 0. The molecular weight excluding hydrogens is 925 g/mol. The summed E-state index contributed by atoms with van der Waals surface area (Å²) in [6.07, 6.45) is 84.0. The van der Waals surface area contributed by atoms with Crippen molar-refractivity contribution in [3.63, 3.8) is 0 Å². The molecule has 0 amide bonds. The van der Waals surface area contributed by atoms with E-state index in [0.29, 0.717) is 19.3 Å². The molecule has 0 rings (SSSR count). The van der Waals surface area contributed by atoms with Gasteiger partial charge in [-0.1, -0.05) is 259 Å². The number of unbranched alkanes of at least 4 members (excludes halogenated alkanes) is 30. The highest BCUT2D eigenvalue weighted by atomic mass is 16.6. The van der Waals surface area contributed by atoms with E-state index < -0.39 is 6.10 Å². The third-order valence-electron chi connectivity index (χ3n) is 13.5. The van der Waals surface area contributed by atoms with Gasteiger partial charge in [-0.25, -0.2) is 0 Å². The third kappa shape index (κ3) is 61.1. The highest BCUT2D eigenvalue weighted by Crippen LogP contribution is 2.15. The summed E-state index contributed by atoms with van der Waals surface area (Å²) in [7, 11) is 0. The van der Waals surface area contributed by atoms with Crippen molar-refractivity contribution in [2.45, 2.75) is 309 Å². The van der Waals surface area contributed by atoms with Crippen LogP contribution in [0.4, 0.5) is 0 Å². The highest BCUT2D eigenvalue weighted by molar-refractivity contribution is 5.71. The second-order valence-corrected chi connectivity index (χ2v) is 20.9. The zero-order valence-electron chi connectivity index (χ0n) is 49.3. The van der Waals surface area contributed by atoms with E-state index in [9.17, 15) is 14.4 Å². The van der Waals surface area contributed by atoms with Gasteiger partial charge in [-0.2, -0.15) is 0 Å². The predicted octanol–water partition coefficient (Wildman–Crippen LogP) is 21.7. The highest BCUT2D eigenvalue weighted by Gasteiger charge is 2.19. The lowest BCUT2D eigenvalue weighted by atomic mass is 10.1. The number of carbonyl (C=O) groups is 3. The Morgan fingerprint density at radius 1 is 0.280 bits per heavy atom. The Bertz CT molecular complexity index is 1480. The first kappa shape index (κ1) is 71.3. The Labute approximate surface area is 464 Å². The van der Waals surface area contributed by atoms with Crippen LogP contribution in [0, 0.1) is 0 Å². The Balaban J connectivity index is 4.43. The van der Waals surface area contributed by atoms with E-state index in [2.05, 4.69) is 118 Å². The van der Waals surface area contributed by atoms with Gasteiger partial charge in [-0.05, 0) is 122 Å². The molecule has 0 aliphatic heterocycles. The van der Waals surface area contributed by atoms with Gasteiger partial charge >= 0.3 is 17.9 Å². The van der Waals surface area contributed by atoms with E-state index in [1.807, 2.05) is 0 Å². The molecular formula is C69H118O6. The molecule has 0 aromatic rings. The molecule has 0 aliphatic carbocycles. The number of allylic oxidation sites excluding steroid dienone is 16. The molecule has 0 aliphatic rings. The van der Waals surface area contributed by atoms with Crippen LogP contribution in [0.25, 0.3) is 0 Å². The summed E-state index contributed by atoms with van der Waals surface area (Å²) in [5.74, 6) is -0.905. The average molecular weight is 1040 g/mol. The number of rotatable bonds is 57. The molecule has 0 saturated heterocycles. The van der Waals surface area contributed by atoms with E-state index in [4.69, 9.17) is 14.2 Å². The fraction of sp³-hybridized carbons (Fsp3) is 0.725. The summed E-state index contributed by atoms with van der Waals surface area (Å²) in [6, 6.07) is 0. The lowest BCUT2D eigenvalue weighted by Gasteiger charge is -2.18. The van der Waals surface area contributed by atoms with Crippen molar-refractivity contribution in [3.8, 4) is 0 Å². The zero-order chi connectivity index (χ0) is 54.3. The second-order valence-electron chi connectivity index (χ2n) is 20.9. The minimum absolute atomic E-state index is 0.0887. The van der Waals surface area contributed by atoms with Crippen LogP contribution in [0.5, 0.6) is 0 Å². The number of hydrogen-bond acceptors (Lipinski definition) is 6. The van der Waals surface area contributed by atoms with Crippen molar-refractivity contribution in [2.75, 3.05) is 13.2 Å². The summed E-state index contributed by atoms with van der Waals surface area (Å²) < 4.78 is 16.9. The molecule has 0 aromatic carbocycles. The van der Waals surface area contributed by atoms with Crippen molar-refractivity contribution in [3.05, 3.63) is 97.2 Å². The van der Waals surface area contributed by atoms with Crippen LogP contribution in [0.3, 0.4) is 0 Å². The first-order valence-corrected chi connectivity index (χ1v) is 31.7. The van der Waals surface area contributed by atoms with Gasteiger partial charge in [0, 0.05) is 19.3 Å². The van der Waals surface area contributed by atoms with E-state index >= 15 is 0 Å². The molecule has 1 unspecified atom stereocenters. The van der Waals surface area contributed by atoms with Gasteiger partial charge in [0.2, 0.25) is 0 Å². The Kier molecular flexibility index (Phi) is 59.8. The van der Waals surface area contributed by atoms with Gasteiger partial charge in [-0.15, -0.1) is 0 Å². The number of carbonyl (C=O) groups excluding carboxylic acids is 3. The van der Waals surface area contributed by atoms with Crippen LogP contribution < -0.4 is 0 Å². The smallest absolute Gasteiger partial charge is 0.306 e. The van der Waals surface area contributed by atoms with E-state index in [1.165, 1.54) is 154 Å². The molecule has 6 heteroatoms. The van der Waals surface area contributed by atoms with Gasteiger partial charge in [0.1, 0.15) is 13.2 Å². The van der Waals surface area contributed by atoms with E-state index in [-0.39, 0.29) is 31.1 Å². The third-order valence-corrected chi connectivity index (χ3v) is 13.5. The molecule has 0 N–H and O–H groups in total.